The summed E-state index contributed by atoms with van der Waals surface area (Å²) in [5.74, 6) is -0.408. The molecule has 98 valence electrons. The molecule has 1 saturated heterocycles. The van der Waals surface area contributed by atoms with Crippen LogP contribution in [0.1, 0.15) is 12.8 Å². The Balaban J connectivity index is 2.20. The minimum absolute atomic E-state index is 0.437. The number of rotatable bonds is 4. The van der Waals surface area contributed by atoms with Gasteiger partial charge in [0.25, 0.3) is 0 Å². The van der Waals surface area contributed by atoms with Gasteiger partial charge in [-0.05, 0) is 6.07 Å². The molecule has 0 amide bonds. The Morgan fingerprint density at radius 2 is 2.28 bits per heavy atom. The van der Waals surface area contributed by atoms with Gasteiger partial charge in [0.1, 0.15) is 5.54 Å². The Bertz CT molecular complexity index is 430. The average molecular weight is 252 g/mol. The predicted molar refractivity (Wildman–Crippen MR) is 64.8 cm³/mol. The quantitative estimate of drug-likeness (QED) is 0.836. The second-order valence-corrected chi connectivity index (χ2v) is 4.21. The first-order valence-corrected chi connectivity index (χ1v) is 5.76. The molecule has 6 heteroatoms. The van der Waals surface area contributed by atoms with Crippen LogP contribution in [0, 0.1) is 0 Å². The van der Waals surface area contributed by atoms with Crippen molar-refractivity contribution in [3.8, 4) is 5.88 Å². The SMILES string of the molecule is COc1cc(NC2(C(=O)O)CCOCC2)ccn1. The van der Waals surface area contributed by atoms with Crippen molar-refractivity contribution in [1.29, 1.82) is 0 Å². The van der Waals surface area contributed by atoms with Crippen molar-refractivity contribution in [1.82, 2.24) is 4.98 Å². The van der Waals surface area contributed by atoms with Crippen molar-refractivity contribution in [3.63, 3.8) is 0 Å². The van der Waals surface area contributed by atoms with E-state index >= 15 is 0 Å². The van der Waals surface area contributed by atoms with Crippen molar-refractivity contribution in [2.45, 2.75) is 18.4 Å². The van der Waals surface area contributed by atoms with Crippen LogP contribution < -0.4 is 10.1 Å². The van der Waals surface area contributed by atoms with Gasteiger partial charge in [-0.3, -0.25) is 0 Å². The molecule has 1 aliphatic rings. The molecule has 6 nitrogen and oxygen atoms in total. The van der Waals surface area contributed by atoms with E-state index in [9.17, 15) is 9.90 Å². The molecule has 0 aliphatic carbocycles. The third kappa shape index (κ3) is 2.53. The largest absolute Gasteiger partial charge is 0.481 e. The lowest BCUT2D eigenvalue weighted by Crippen LogP contribution is -2.50. The molecule has 1 aliphatic heterocycles. The number of hydrogen-bond donors (Lipinski definition) is 2. The highest BCUT2D eigenvalue weighted by Gasteiger charge is 2.40. The van der Waals surface area contributed by atoms with Crippen LogP contribution in [0.5, 0.6) is 5.88 Å². The van der Waals surface area contributed by atoms with E-state index in [4.69, 9.17) is 9.47 Å². The first-order chi connectivity index (χ1) is 8.66. The molecule has 1 fully saturated rings. The summed E-state index contributed by atoms with van der Waals surface area (Å²) in [5, 5.41) is 12.5. The maximum absolute atomic E-state index is 11.5. The maximum Gasteiger partial charge on any atom is 0.329 e. The Hall–Kier alpha value is -1.82. The monoisotopic (exact) mass is 252 g/mol. The molecule has 2 heterocycles. The summed E-state index contributed by atoms with van der Waals surface area (Å²) >= 11 is 0. The zero-order chi connectivity index (χ0) is 13.0. The van der Waals surface area contributed by atoms with Crippen molar-refractivity contribution < 1.29 is 19.4 Å². The van der Waals surface area contributed by atoms with Crippen LogP contribution in [0.15, 0.2) is 18.3 Å². The molecule has 1 aromatic rings. The van der Waals surface area contributed by atoms with E-state index in [1.54, 1.807) is 18.3 Å². The number of carboxylic acids is 1. The van der Waals surface area contributed by atoms with E-state index in [1.807, 2.05) is 0 Å². The fourth-order valence-corrected chi connectivity index (χ4v) is 1.99. The zero-order valence-corrected chi connectivity index (χ0v) is 10.2. The number of nitrogens with one attached hydrogen (secondary N) is 1. The Morgan fingerprint density at radius 1 is 1.56 bits per heavy atom. The lowest BCUT2D eigenvalue weighted by molar-refractivity contribution is -0.145. The van der Waals surface area contributed by atoms with Crippen LogP contribution in [0.3, 0.4) is 0 Å². The second-order valence-electron chi connectivity index (χ2n) is 4.21. The van der Waals surface area contributed by atoms with Gasteiger partial charge in [-0.25, -0.2) is 9.78 Å². The van der Waals surface area contributed by atoms with Gasteiger partial charge in [-0.2, -0.15) is 0 Å². The number of nitrogens with zero attached hydrogens (tertiary/aromatic N) is 1. The standard InChI is InChI=1S/C12H16N2O4/c1-17-10-8-9(2-5-13-10)14-12(11(15)16)3-6-18-7-4-12/h2,5,8H,3-4,6-7H2,1H3,(H,13,14)(H,15,16). The molecule has 18 heavy (non-hydrogen) atoms. The lowest BCUT2D eigenvalue weighted by Gasteiger charge is -2.34. The second kappa shape index (κ2) is 5.22. The highest BCUT2D eigenvalue weighted by Crippen LogP contribution is 2.27. The molecule has 1 aromatic heterocycles. The topological polar surface area (TPSA) is 80.7 Å². The number of methoxy groups -OCH3 is 1. The van der Waals surface area contributed by atoms with Crippen molar-refractivity contribution in [3.05, 3.63) is 18.3 Å². The molecule has 0 radical (unpaired) electrons. The van der Waals surface area contributed by atoms with Gasteiger partial charge in [0.15, 0.2) is 0 Å². The van der Waals surface area contributed by atoms with Gasteiger partial charge in [-0.1, -0.05) is 0 Å². The molecular weight excluding hydrogens is 236 g/mol. The van der Waals surface area contributed by atoms with Crippen LogP contribution in [-0.4, -0.2) is 41.9 Å². The normalized spacial score (nSPS) is 18.1. The summed E-state index contributed by atoms with van der Waals surface area (Å²) in [7, 11) is 1.52. The van der Waals surface area contributed by atoms with Gasteiger partial charge >= 0.3 is 5.97 Å². The molecule has 2 N–H and O–H groups in total. The van der Waals surface area contributed by atoms with Crippen molar-refractivity contribution >= 4 is 11.7 Å². The highest BCUT2D eigenvalue weighted by atomic mass is 16.5. The highest BCUT2D eigenvalue weighted by molar-refractivity contribution is 5.83. The van der Waals surface area contributed by atoms with Crippen molar-refractivity contribution in [2.75, 3.05) is 25.6 Å². The Labute approximate surface area is 105 Å². The molecule has 0 unspecified atom stereocenters. The van der Waals surface area contributed by atoms with E-state index in [-0.39, 0.29) is 0 Å². The average Bonchev–Trinajstić information content (AvgIpc) is 2.40. The Morgan fingerprint density at radius 3 is 2.89 bits per heavy atom. The molecule has 0 saturated carbocycles. The number of aromatic nitrogens is 1. The molecule has 0 bridgehead atoms. The maximum atomic E-state index is 11.5. The van der Waals surface area contributed by atoms with Gasteiger partial charge in [0.05, 0.1) is 7.11 Å². The van der Waals surface area contributed by atoms with Gasteiger partial charge < -0.3 is 19.9 Å². The molecule has 0 spiro atoms. The number of hydrogen-bond acceptors (Lipinski definition) is 5. The summed E-state index contributed by atoms with van der Waals surface area (Å²) < 4.78 is 10.2. The fourth-order valence-electron chi connectivity index (χ4n) is 1.99. The first kappa shape index (κ1) is 12.6. The predicted octanol–water partition coefficient (Wildman–Crippen LogP) is 1.14. The number of anilines is 1. The van der Waals surface area contributed by atoms with E-state index in [0.717, 1.165) is 0 Å². The van der Waals surface area contributed by atoms with Crippen LogP contribution in [0.2, 0.25) is 0 Å². The summed E-state index contributed by atoms with van der Waals surface area (Å²) in [4.78, 5) is 15.5. The number of carboxylic acid groups (broad SMARTS) is 1. The molecule has 0 atom stereocenters. The minimum Gasteiger partial charge on any atom is -0.481 e. The summed E-state index contributed by atoms with van der Waals surface area (Å²) in [6.07, 6.45) is 2.45. The van der Waals surface area contributed by atoms with Crippen LogP contribution >= 0.6 is 0 Å². The molecule has 0 aromatic carbocycles. The summed E-state index contributed by atoms with van der Waals surface area (Å²) in [6.45, 7) is 0.892. The van der Waals surface area contributed by atoms with Gasteiger partial charge in [0.2, 0.25) is 5.88 Å². The zero-order valence-electron chi connectivity index (χ0n) is 10.2. The smallest absolute Gasteiger partial charge is 0.329 e. The summed E-state index contributed by atoms with van der Waals surface area (Å²) in [5.41, 5.74) is -0.281. The van der Waals surface area contributed by atoms with Gasteiger partial charge in [-0.15, -0.1) is 0 Å². The van der Waals surface area contributed by atoms with Crippen LogP contribution in [-0.2, 0) is 9.53 Å². The van der Waals surface area contributed by atoms with Crippen LogP contribution in [0.4, 0.5) is 5.69 Å². The fraction of sp³-hybridized carbons (Fsp3) is 0.500. The third-order valence-electron chi connectivity index (χ3n) is 3.08. The van der Waals surface area contributed by atoms with E-state index in [1.165, 1.54) is 7.11 Å². The summed E-state index contributed by atoms with van der Waals surface area (Å²) in [6, 6.07) is 3.41. The van der Waals surface area contributed by atoms with Gasteiger partial charge in [0, 0.05) is 44.0 Å². The van der Waals surface area contributed by atoms with E-state index in [0.29, 0.717) is 37.6 Å². The first-order valence-electron chi connectivity index (χ1n) is 5.76. The lowest BCUT2D eigenvalue weighted by atomic mass is 9.90. The Kier molecular flexibility index (Phi) is 3.66. The number of pyridine rings is 1. The van der Waals surface area contributed by atoms with E-state index in [2.05, 4.69) is 10.3 Å². The minimum atomic E-state index is -0.968. The van der Waals surface area contributed by atoms with Crippen molar-refractivity contribution in [2.24, 2.45) is 0 Å². The number of ether oxygens (including phenoxy) is 2. The molecule has 2 rings (SSSR count). The number of aliphatic carboxylic acids is 1. The van der Waals surface area contributed by atoms with Crippen LogP contribution in [0.25, 0.3) is 0 Å². The molecular formula is C12H16N2O4. The number of carbonyl (C=O) groups is 1. The van der Waals surface area contributed by atoms with E-state index < -0.39 is 11.5 Å². The third-order valence-corrected chi connectivity index (χ3v) is 3.08.